The summed E-state index contributed by atoms with van der Waals surface area (Å²) in [6, 6.07) is 0. The molecule has 0 amide bonds. The quantitative estimate of drug-likeness (QED) is 0.706. The summed E-state index contributed by atoms with van der Waals surface area (Å²) >= 11 is 0. The van der Waals surface area contributed by atoms with Crippen LogP contribution in [0.1, 0.15) is 33.6 Å². The molecular weight excluding hydrogens is 222 g/mol. The molecule has 1 rings (SSSR count). The van der Waals surface area contributed by atoms with E-state index < -0.39 is 5.60 Å². The number of carbonyl (C=O) groups is 1. The van der Waals surface area contributed by atoms with Gasteiger partial charge in [0.1, 0.15) is 11.8 Å². The van der Waals surface area contributed by atoms with Crippen molar-refractivity contribution in [1.29, 1.82) is 0 Å². The summed E-state index contributed by atoms with van der Waals surface area (Å²) in [5.41, 5.74) is -0.432. The maximum absolute atomic E-state index is 11.9. The second-order valence-corrected chi connectivity index (χ2v) is 5.27. The van der Waals surface area contributed by atoms with Crippen LogP contribution in [0.4, 0.5) is 0 Å². The van der Waals surface area contributed by atoms with Gasteiger partial charge in [0.05, 0.1) is 13.0 Å². The van der Waals surface area contributed by atoms with Crippen LogP contribution in [0.15, 0.2) is 0 Å². The molecule has 2 unspecified atom stereocenters. The molecule has 0 aromatic rings. The van der Waals surface area contributed by atoms with Crippen molar-refractivity contribution in [3.05, 3.63) is 0 Å². The van der Waals surface area contributed by atoms with Gasteiger partial charge in [-0.2, -0.15) is 5.06 Å². The third-order valence-electron chi connectivity index (χ3n) is 2.75. The van der Waals surface area contributed by atoms with Crippen molar-refractivity contribution in [2.75, 3.05) is 20.8 Å². The molecule has 100 valence electrons. The molecule has 0 N–H and O–H groups in total. The summed E-state index contributed by atoms with van der Waals surface area (Å²) in [6.45, 7) is 6.31. The number of nitrogens with zero attached hydrogens (tertiary/aromatic N) is 1. The molecule has 1 aliphatic rings. The standard InChI is InChI=1S/C12H23NO4/c1-12(2,3)17-11(14)9-6-7-13(16-5)10(8-9)15-4/h9-10H,6-8H2,1-5H3. The highest BCUT2D eigenvalue weighted by Gasteiger charge is 2.34. The van der Waals surface area contributed by atoms with Gasteiger partial charge < -0.3 is 9.47 Å². The van der Waals surface area contributed by atoms with Crippen molar-refractivity contribution in [1.82, 2.24) is 5.06 Å². The fourth-order valence-corrected chi connectivity index (χ4v) is 1.93. The Morgan fingerprint density at radius 1 is 1.29 bits per heavy atom. The summed E-state index contributed by atoms with van der Waals surface area (Å²) in [6.07, 6.45) is 1.17. The Bertz CT molecular complexity index is 262. The molecule has 0 bridgehead atoms. The van der Waals surface area contributed by atoms with Crippen LogP contribution in [0.2, 0.25) is 0 Å². The molecule has 2 atom stereocenters. The number of rotatable bonds is 3. The van der Waals surface area contributed by atoms with Gasteiger partial charge in [0.2, 0.25) is 0 Å². The van der Waals surface area contributed by atoms with E-state index in [1.165, 1.54) is 0 Å². The number of carbonyl (C=O) groups excluding carboxylic acids is 1. The molecule has 0 aliphatic carbocycles. The van der Waals surface area contributed by atoms with Crippen molar-refractivity contribution in [2.24, 2.45) is 5.92 Å². The van der Waals surface area contributed by atoms with E-state index in [-0.39, 0.29) is 18.1 Å². The van der Waals surface area contributed by atoms with Crippen molar-refractivity contribution < 1.29 is 19.1 Å². The Hall–Kier alpha value is -0.650. The third kappa shape index (κ3) is 4.26. The largest absolute Gasteiger partial charge is 0.460 e. The van der Waals surface area contributed by atoms with Gasteiger partial charge in [-0.1, -0.05) is 0 Å². The Morgan fingerprint density at radius 2 is 1.94 bits per heavy atom. The molecule has 0 saturated carbocycles. The summed E-state index contributed by atoms with van der Waals surface area (Å²) < 4.78 is 10.7. The monoisotopic (exact) mass is 245 g/mol. The number of piperidine rings is 1. The van der Waals surface area contributed by atoms with Gasteiger partial charge in [-0.3, -0.25) is 9.63 Å². The normalized spacial score (nSPS) is 26.9. The fraction of sp³-hybridized carbons (Fsp3) is 0.917. The third-order valence-corrected chi connectivity index (χ3v) is 2.75. The zero-order valence-electron chi connectivity index (χ0n) is 11.4. The van der Waals surface area contributed by atoms with Gasteiger partial charge in [-0.15, -0.1) is 0 Å². The number of hydrogen-bond donors (Lipinski definition) is 0. The molecule has 0 aromatic heterocycles. The molecule has 0 aromatic carbocycles. The van der Waals surface area contributed by atoms with Gasteiger partial charge in [-0.25, -0.2) is 0 Å². The smallest absolute Gasteiger partial charge is 0.309 e. The van der Waals surface area contributed by atoms with Crippen LogP contribution >= 0.6 is 0 Å². The molecule has 1 saturated heterocycles. The molecule has 17 heavy (non-hydrogen) atoms. The minimum Gasteiger partial charge on any atom is -0.460 e. The highest BCUT2D eigenvalue weighted by atomic mass is 16.7. The summed E-state index contributed by atoms with van der Waals surface area (Å²) in [4.78, 5) is 17.1. The Balaban J connectivity index is 2.54. The van der Waals surface area contributed by atoms with E-state index >= 15 is 0 Å². The number of hydroxylamine groups is 2. The van der Waals surface area contributed by atoms with E-state index in [9.17, 15) is 4.79 Å². The van der Waals surface area contributed by atoms with Crippen LogP contribution in [0, 0.1) is 5.92 Å². The number of esters is 1. The summed E-state index contributed by atoms with van der Waals surface area (Å²) in [7, 11) is 3.23. The van der Waals surface area contributed by atoms with Gasteiger partial charge >= 0.3 is 5.97 Å². The SMILES string of the molecule is COC1CC(C(=O)OC(C)(C)C)CCN1OC. The second-order valence-electron chi connectivity index (χ2n) is 5.27. The molecule has 5 heteroatoms. The van der Waals surface area contributed by atoms with E-state index in [1.807, 2.05) is 20.8 Å². The second kappa shape index (κ2) is 5.80. The Morgan fingerprint density at radius 3 is 2.41 bits per heavy atom. The van der Waals surface area contributed by atoms with Gasteiger partial charge in [0, 0.05) is 20.1 Å². The molecule has 0 spiro atoms. The van der Waals surface area contributed by atoms with Crippen LogP contribution < -0.4 is 0 Å². The minimum atomic E-state index is -0.432. The lowest BCUT2D eigenvalue weighted by Gasteiger charge is -2.36. The van der Waals surface area contributed by atoms with Crippen molar-refractivity contribution >= 4 is 5.97 Å². The lowest BCUT2D eigenvalue weighted by Crippen LogP contribution is -2.45. The lowest BCUT2D eigenvalue weighted by molar-refractivity contribution is -0.250. The number of hydrogen-bond acceptors (Lipinski definition) is 5. The zero-order valence-corrected chi connectivity index (χ0v) is 11.4. The van der Waals surface area contributed by atoms with E-state index in [4.69, 9.17) is 14.3 Å². The minimum absolute atomic E-state index is 0.106. The Labute approximate surface area is 103 Å². The first-order valence-corrected chi connectivity index (χ1v) is 5.93. The molecule has 5 nitrogen and oxygen atoms in total. The zero-order chi connectivity index (χ0) is 13.1. The van der Waals surface area contributed by atoms with Crippen LogP contribution in [0.5, 0.6) is 0 Å². The van der Waals surface area contributed by atoms with E-state index in [1.54, 1.807) is 19.3 Å². The highest BCUT2D eigenvalue weighted by Crippen LogP contribution is 2.26. The predicted octanol–water partition coefficient (Wildman–Crippen LogP) is 1.57. The number of ether oxygens (including phenoxy) is 2. The predicted molar refractivity (Wildman–Crippen MR) is 63.1 cm³/mol. The first-order chi connectivity index (χ1) is 7.87. The maximum Gasteiger partial charge on any atom is 0.309 e. The van der Waals surface area contributed by atoms with Gasteiger partial charge in [0.15, 0.2) is 0 Å². The van der Waals surface area contributed by atoms with E-state index in [0.717, 1.165) is 6.42 Å². The van der Waals surface area contributed by atoms with Crippen LogP contribution in [-0.4, -0.2) is 43.6 Å². The van der Waals surface area contributed by atoms with Crippen molar-refractivity contribution in [2.45, 2.75) is 45.4 Å². The molecule has 1 aliphatic heterocycles. The van der Waals surface area contributed by atoms with Gasteiger partial charge in [0.25, 0.3) is 0 Å². The van der Waals surface area contributed by atoms with Crippen molar-refractivity contribution in [3.8, 4) is 0 Å². The average Bonchev–Trinajstić information content (AvgIpc) is 2.25. The van der Waals surface area contributed by atoms with Crippen LogP contribution in [0.3, 0.4) is 0 Å². The lowest BCUT2D eigenvalue weighted by atomic mass is 9.96. The van der Waals surface area contributed by atoms with Crippen LogP contribution in [-0.2, 0) is 19.1 Å². The summed E-state index contributed by atoms with van der Waals surface area (Å²) in [5, 5.41) is 1.75. The fourth-order valence-electron chi connectivity index (χ4n) is 1.93. The van der Waals surface area contributed by atoms with E-state index in [0.29, 0.717) is 13.0 Å². The highest BCUT2D eigenvalue weighted by molar-refractivity contribution is 5.73. The maximum atomic E-state index is 11.9. The van der Waals surface area contributed by atoms with Gasteiger partial charge in [-0.05, 0) is 27.2 Å². The van der Waals surface area contributed by atoms with E-state index in [2.05, 4.69) is 0 Å². The van der Waals surface area contributed by atoms with Crippen molar-refractivity contribution in [3.63, 3.8) is 0 Å². The van der Waals surface area contributed by atoms with Crippen LogP contribution in [0.25, 0.3) is 0 Å². The molecular formula is C12H23NO4. The topological polar surface area (TPSA) is 48.0 Å². The first-order valence-electron chi connectivity index (χ1n) is 5.93. The first kappa shape index (κ1) is 14.4. The number of methoxy groups -OCH3 is 1. The Kier molecular flexibility index (Phi) is 4.91. The molecule has 1 heterocycles. The summed E-state index contributed by atoms with van der Waals surface area (Å²) in [5.74, 6) is -0.249. The average molecular weight is 245 g/mol. The molecule has 0 radical (unpaired) electrons. The molecule has 1 fully saturated rings.